The minimum atomic E-state index is 0.588. The highest BCUT2D eigenvalue weighted by atomic mass is 79.9. The second-order valence-corrected chi connectivity index (χ2v) is 5.03. The lowest BCUT2D eigenvalue weighted by Crippen LogP contribution is -1.93. The molecular formula is C14H10BrN3O. The molecule has 0 N–H and O–H groups in total. The van der Waals surface area contributed by atoms with Gasteiger partial charge >= 0.3 is 0 Å². The Hall–Kier alpha value is -2.01. The van der Waals surface area contributed by atoms with Gasteiger partial charge in [0.1, 0.15) is 0 Å². The van der Waals surface area contributed by atoms with Gasteiger partial charge in [0.2, 0.25) is 0 Å². The van der Waals surface area contributed by atoms with Crippen LogP contribution in [0.5, 0.6) is 0 Å². The summed E-state index contributed by atoms with van der Waals surface area (Å²) in [6, 6.07) is 11.5. The van der Waals surface area contributed by atoms with Crippen molar-refractivity contribution in [2.24, 2.45) is 0 Å². The van der Waals surface area contributed by atoms with Gasteiger partial charge in [-0.05, 0) is 23.8 Å². The molecule has 2 heterocycles. The van der Waals surface area contributed by atoms with Gasteiger partial charge in [-0.15, -0.1) is 0 Å². The molecule has 94 valence electrons. The van der Waals surface area contributed by atoms with E-state index >= 15 is 0 Å². The number of carbonyl (C=O) groups is 1. The van der Waals surface area contributed by atoms with Gasteiger partial charge in [-0.25, -0.2) is 9.50 Å². The van der Waals surface area contributed by atoms with Crippen LogP contribution in [0.15, 0.2) is 47.1 Å². The number of benzene rings is 1. The summed E-state index contributed by atoms with van der Waals surface area (Å²) in [6.07, 6.45) is 3.13. The predicted molar refractivity (Wildman–Crippen MR) is 75.3 cm³/mol. The lowest BCUT2D eigenvalue weighted by atomic mass is 10.1. The molecule has 3 aromatic rings. The first-order valence-electron chi connectivity index (χ1n) is 5.80. The van der Waals surface area contributed by atoms with E-state index in [-0.39, 0.29) is 0 Å². The molecule has 0 spiro atoms. The van der Waals surface area contributed by atoms with Gasteiger partial charge in [-0.3, -0.25) is 4.79 Å². The van der Waals surface area contributed by atoms with Crippen LogP contribution in [0.4, 0.5) is 0 Å². The largest absolute Gasteiger partial charge is 0.298 e. The predicted octanol–water partition coefficient (Wildman–Crippen LogP) is 2.90. The second-order valence-electron chi connectivity index (χ2n) is 4.18. The van der Waals surface area contributed by atoms with Gasteiger partial charge in [0, 0.05) is 22.7 Å². The average Bonchev–Trinajstić information content (AvgIpc) is 2.82. The van der Waals surface area contributed by atoms with Crippen molar-refractivity contribution in [3.63, 3.8) is 0 Å². The third kappa shape index (κ3) is 2.42. The Morgan fingerprint density at radius 2 is 2.05 bits per heavy atom. The van der Waals surface area contributed by atoms with Crippen molar-refractivity contribution in [2.75, 3.05) is 0 Å². The van der Waals surface area contributed by atoms with Gasteiger partial charge in [0.05, 0.1) is 0 Å². The van der Waals surface area contributed by atoms with E-state index in [4.69, 9.17) is 0 Å². The van der Waals surface area contributed by atoms with Gasteiger partial charge in [0.15, 0.2) is 17.8 Å². The number of aldehydes is 1. The molecule has 4 nitrogen and oxygen atoms in total. The Kier molecular flexibility index (Phi) is 3.13. The molecule has 0 aliphatic carbocycles. The number of pyridine rings is 1. The number of nitrogens with zero attached hydrogens (tertiary/aromatic N) is 3. The zero-order chi connectivity index (χ0) is 13.2. The smallest absolute Gasteiger partial charge is 0.156 e. The van der Waals surface area contributed by atoms with Gasteiger partial charge in [-0.2, -0.15) is 5.10 Å². The molecule has 3 rings (SSSR count). The Morgan fingerprint density at radius 1 is 1.21 bits per heavy atom. The molecule has 0 aliphatic rings. The maximum atomic E-state index is 10.7. The number of carbonyl (C=O) groups excluding carboxylic acids is 1. The molecule has 0 aliphatic heterocycles. The minimum absolute atomic E-state index is 0.588. The Bertz CT molecular complexity index is 751. The van der Waals surface area contributed by atoms with E-state index in [9.17, 15) is 4.79 Å². The van der Waals surface area contributed by atoms with E-state index in [0.29, 0.717) is 12.0 Å². The van der Waals surface area contributed by atoms with Crippen molar-refractivity contribution in [3.05, 3.63) is 64.0 Å². The lowest BCUT2D eigenvalue weighted by molar-refractivity contribution is 0.112. The Balaban J connectivity index is 1.98. The van der Waals surface area contributed by atoms with Crippen molar-refractivity contribution < 1.29 is 4.79 Å². The molecule has 19 heavy (non-hydrogen) atoms. The molecule has 1 aromatic carbocycles. The summed E-state index contributed by atoms with van der Waals surface area (Å²) in [4.78, 5) is 15.2. The normalized spacial score (nSPS) is 10.8. The van der Waals surface area contributed by atoms with E-state index < -0.39 is 0 Å². The number of fused-ring (bicyclic) bond motifs is 1. The summed E-state index contributed by atoms with van der Waals surface area (Å²) in [7, 11) is 0. The SMILES string of the molecule is O=Cc1ccc2nc(Cc3ccccc3Br)nn2c1. The third-order valence-corrected chi connectivity index (χ3v) is 3.61. The third-order valence-electron chi connectivity index (χ3n) is 2.84. The van der Waals surface area contributed by atoms with Crippen LogP contribution in [0.1, 0.15) is 21.7 Å². The first-order chi connectivity index (χ1) is 9.26. The highest BCUT2D eigenvalue weighted by Crippen LogP contribution is 2.18. The average molecular weight is 316 g/mol. The zero-order valence-electron chi connectivity index (χ0n) is 9.95. The Morgan fingerprint density at radius 3 is 2.84 bits per heavy atom. The van der Waals surface area contributed by atoms with Crippen molar-refractivity contribution in [1.82, 2.24) is 14.6 Å². The van der Waals surface area contributed by atoms with Gasteiger partial charge < -0.3 is 0 Å². The summed E-state index contributed by atoms with van der Waals surface area (Å²) < 4.78 is 2.68. The first-order valence-corrected chi connectivity index (χ1v) is 6.59. The van der Waals surface area contributed by atoms with Crippen LogP contribution >= 0.6 is 15.9 Å². The van der Waals surface area contributed by atoms with Crippen LogP contribution in [0.2, 0.25) is 0 Å². The molecule has 0 saturated heterocycles. The van der Waals surface area contributed by atoms with E-state index in [1.165, 1.54) is 0 Å². The van der Waals surface area contributed by atoms with E-state index in [1.54, 1.807) is 22.8 Å². The Labute approximate surface area is 118 Å². The minimum Gasteiger partial charge on any atom is -0.298 e. The first kappa shape index (κ1) is 12.0. The molecule has 0 radical (unpaired) electrons. The zero-order valence-corrected chi connectivity index (χ0v) is 11.5. The number of rotatable bonds is 3. The quantitative estimate of drug-likeness (QED) is 0.698. The number of aromatic nitrogens is 3. The molecule has 0 fully saturated rings. The summed E-state index contributed by atoms with van der Waals surface area (Å²) in [5.41, 5.74) is 2.46. The van der Waals surface area contributed by atoms with Gasteiger partial charge in [0.25, 0.3) is 0 Å². The van der Waals surface area contributed by atoms with Crippen LogP contribution in [0, 0.1) is 0 Å². The van der Waals surface area contributed by atoms with Crippen LogP contribution in [-0.4, -0.2) is 20.9 Å². The van der Waals surface area contributed by atoms with Crippen molar-refractivity contribution in [3.8, 4) is 0 Å². The summed E-state index contributed by atoms with van der Waals surface area (Å²) in [5.74, 6) is 0.731. The summed E-state index contributed by atoms with van der Waals surface area (Å²) in [5, 5.41) is 4.38. The molecular weight excluding hydrogens is 306 g/mol. The van der Waals surface area contributed by atoms with E-state index in [1.807, 2.05) is 24.3 Å². The van der Waals surface area contributed by atoms with Crippen LogP contribution in [-0.2, 0) is 6.42 Å². The molecule has 0 atom stereocenters. The molecule has 0 amide bonds. The number of halogens is 1. The fraction of sp³-hybridized carbons (Fsp3) is 0.0714. The highest BCUT2D eigenvalue weighted by Gasteiger charge is 2.07. The highest BCUT2D eigenvalue weighted by molar-refractivity contribution is 9.10. The molecule has 0 saturated carbocycles. The maximum absolute atomic E-state index is 10.7. The number of hydrogen-bond donors (Lipinski definition) is 0. The van der Waals surface area contributed by atoms with Crippen LogP contribution < -0.4 is 0 Å². The van der Waals surface area contributed by atoms with Crippen molar-refractivity contribution in [2.45, 2.75) is 6.42 Å². The van der Waals surface area contributed by atoms with Crippen LogP contribution in [0.25, 0.3) is 5.65 Å². The molecule has 2 aromatic heterocycles. The maximum Gasteiger partial charge on any atom is 0.156 e. The molecule has 5 heteroatoms. The second kappa shape index (κ2) is 4.93. The molecule has 0 unspecified atom stereocenters. The molecule has 0 bridgehead atoms. The fourth-order valence-corrected chi connectivity index (χ4v) is 2.33. The monoisotopic (exact) mass is 315 g/mol. The van der Waals surface area contributed by atoms with Crippen molar-refractivity contribution in [1.29, 1.82) is 0 Å². The van der Waals surface area contributed by atoms with E-state index in [0.717, 1.165) is 27.8 Å². The fourth-order valence-electron chi connectivity index (χ4n) is 1.90. The number of hydrogen-bond acceptors (Lipinski definition) is 3. The summed E-state index contributed by atoms with van der Waals surface area (Å²) >= 11 is 3.51. The van der Waals surface area contributed by atoms with Crippen LogP contribution in [0.3, 0.4) is 0 Å². The topological polar surface area (TPSA) is 47.3 Å². The van der Waals surface area contributed by atoms with Crippen molar-refractivity contribution >= 4 is 27.9 Å². The summed E-state index contributed by atoms with van der Waals surface area (Å²) in [6.45, 7) is 0. The van der Waals surface area contributed by atoms with E-state index in [2.05, 4.69) is 26.0 Å². The lowest BCUT2D eigenvalue weighted by Gasteiger charge is -1.99. The van der Waals surface area contributed by atoms with Gasteiger partial charge in [-0.1, -0.05) is 34.1 Å². The standard InChI is InChI=1S/C14H10BrN3O/c15-12-4-2-1-3-11(12)7-13-16-14-6-5-10(9-19)8-18(14)17-13/h1-6,8-9H,7H2.